The van der Waals surface area contributed by atoms with Crippen LogP contribution < -0.4 is 10.6 Å². The number of nitrogens with zero attached hydrogens (tertiary/aromatic N) is 2. The number of para-hydroxylation sites is 1. The Bertz CT molecular complexity index is 857. The molecular weight excluding hydrogens is 368 g/mol. The van der Waals surface area contributed by atoms with Gasteiger partial charge in [-0.15, -0.1) is 0 Å². The predicted octanol–water partition coefficient (Wildman–Crippen LogP) is 3.89. The number of nitrogens with one attached hydrogen (secondary N) is 2. The number of carbonyl (C=O) groups excluding carboxylic acids is 2. The van der Waals surface area contributed by atoms with Gasteiger partial charge >= 0.3 is 6.03 Å². The van der Waals surface area contributed by atoms with E-state index in [1.165, 1.54) is 0 Å². The monoisotopic (exact) mass is 394 g/mol. The summed E-state index contributed by atoms with van der Waals surface area (Å²) in [6, 6.07) is 17.0. The van der Waals surface area contributed by atoms with E-state index >= 15 is 0 Å². The van der Waals surface area contributed by atoms with E-state index in [-0.39, 0.29) is 18.5 Å². The van der Waals surface area contributed by atoms with E-state index in [1.54, 1.807) is 4.90 Å². The van der Waals surface area contributed by atoms with Gasteiger partial charge in [-0.3, -0.25) is 4.79 Å². The fourth-order valence-corrected chi connectivity index (χ4v) is 3.03. The number of urea groups is 1. The van der Waals surface area contributed by atoms with Crippen molar-refractivity contribution in [2.45, 2.75) is 26.2 Å². The average Bonchev–Trinajstić information content (AvgIpc) is 2.75. The van der Waals surface area contributed by atoms with Crippen LogP contribution in [0.3, 0.4) is 0 Å². The Morgan fingerprint density at radius 1 is 1.00 bits per heavy atom. The summed E-state index contributed by atoms with van der Waals surface area (Å²) >= 11 is 0. The number of piperidine rings is 1. The number of hydrogen-bond acceptors (Lipinski definition) is 4. The van der Waals surface area contributed by atoms with Crippen molar-refractivity contribution in [1.82, 2.24) is 4.90 Å². The van der Waals surface area contributed by atoms with Crippen molar-refractivity contribution < 1.29 is 14.4 Å². The fourth-order valence-electron chi connectivity index (χ4n) is 3.03. The van der Waals surface area contributed by atoms with Gasteiger partial charge < -0.3 is 20.4 Å². The van der Waals surface area contributed by atoms with Gasteiger partial charge in [0.2, 0.25) is 0 Å². The first-order chi connectivity index (χ1) is 14.1. The first-order valence-electron chi connectivity index (χ1n) is 9.81. The first-order valence-corrected chi connectivity index (χ1v) is 9.81. The van der Waals surface area contributed by atoms with E-state index in [0.29, 0.717) is 25.9 Å². The summed E-state index contributed by atoms with van der Waals surface area (Å²) in [6.45, 7) is 3.06. The minimum Gasteiger partial charge on any atom is -0.386 e. The van der Waals surface area contributed by atoms with Crippen molar-refractivity contribution in [3.63, 3.8) is 0 Å². The molecule has 29 heavy (non-hydrogen) atoms. The first kappa shape index (κ1) is 20.4. The molecule has 152 valence electrons. The summed E-state index contributed by atoms with van der Waals surface area (Å²) in [7, 11) is 0. The van der Waals surface area contributed by atoms with Crippen molar-refractivity contribution >= 4 is 29.0 Å². The number of anilines is 2. The molecule has 1 heterocycles. The second-order valence-corrected chi connectivity index (χ2v) is 6.82. The molecule has 0 aliphatic carbocycles. The maximum Gasteiger partial charge on any atom is 0.321 e. The molecule has 0 radical (unpaired) electrons. The number of oxime groups is 1. The standard InChI is InChI=1S/C22H26N4O3/c1-2-17-7-6-10-20(15-17)23-21(27)16-29-25-19-11-13-26(14-12-19)22(28)24-18-8-4-3-5-9-18/h3-10,15H,2,11-14,16H2,1H3,(H,23,27)(H,24,28). The van der Waals surface area contributed by atoms with Crippen molar-refractivity contribution in [2.24, 2.45) is 5.16 Å². The number of aryl methyl sites for hydroxylation is 1. The van der Waals surface area contributed by atoms with Gasteiger partial charge in [-0.2, -0.15) is 0 Å². The van der Waals surface area contributed by atoms with Gasteiger partial charge in [0.25, 0.3) is 5.91 Å². The average molecular weight is 394 g/mol. The topological polar surface area (TPSA) is 83.0 Å². The van der Waals surface area contributed by atoms with Crippen LogP contribution in [0.15, 0.2) is 59.8 Å². The summed E-state index contributed by atoms with van der Waals surface area (Å²) in [6.07, 6.45) is 2.17. The van der Waals surface area contributed by atoms with E-state index in [9.17, 15) is 9.59 Å². The molecule has 2 aromatic carbocycles. The van der Waals surface area contributed by atoms with E-state index in [1.807, 2.05) is 54.6 Å². The van der Waals surface area contributed by atoms with Crippen LogP contribution in [0.25, 0.3) is 0 Å². The van der Waals surface area contributed by atoms with Crippen molar-refractivity contribution in [2.75, 3.05) is 30.3 Å². The zero-order valence-electron chi connectivity index (χ0n) is 16.6. The molecular formula is C22H26N4O3. The lowest BCUT2D eigenvalue weighted by atomic mass is 10.1. The lowest BCUT2D eigenvalue weighted by Crippen LogP contribution is -2.41. The van der Waals surface area contributed by atoms with Gasteiger partial charge in [0.05, 0.1) is 5.71 Å². The fraction of sp³-hybridized carbons (Fsp3) is 0.318. The number of carbonyl (C=O) groups is 2. The Labute approximate surface area is 170 Å². The van der Waals surface area contributed by atoms with Crippen molar-refractivity contribution in [3.8, 4) is 0 Å². The van der Waals surface area contributed by atoms with Crippen LogP contribution in [0.4, 0.5) is 16.2 Å². The Balaban J connectivity index is 1.39. The van der Waals surface area contributed by atoms with Crippen molar-refractivity contribution in [1.29, 1.82) is 0 Å². The Morgan fingerprint density at radius 3 is 2.45 bits per heavy atom. The molecule has 0 bridgehead atoms. The lowest BCUT2D eigenvalue weighted by molar-refractivity contribution is -0.120. The third kappa shape index (κ3) is 6.34. The second kappa shape index (κ2) is 10.3. The zero-order valence-corrected chi connectivity index (χ0v) is 16.6. The Hall–Kier alpha value is -3.35. The normalized spacial score (nSPS) is 13.6. The summed E-state index contributed by atoms with van der Waals surface area (Å²) < 4.78 is 0. The summed E-state index contributed by atoms with van der Waals surface area (Å²) in [5, 5.41) is 9.76. The highest BCUT2D eigenvalue weighted by Crippen LogP contribution is 2.13. The molecule has 3 rings (SSSR count). The predicted molar refractivity (Wildman–Crippen MR) is 114 cm³/mol. The lowest BCUT2D eigenvalue weighted by Gasteiger charge is -2.27. The molecule has 0 aromatic heterocycles. The molecule has 0 atom stereocenters. The number of likely N-dealkylation sites (tertiary alicyclic amines) is 1. The second-order valence-electron chi connectivity index (χ2n) is 6.82. The molecule has 2 N–H and O–H groups in total. The van der Waals surface area contributed by atoms with Crippen LogP contribution in [-0.2, 0) is 16.1 Å². The van der Waals surface area contributed by atoms with E-state index in [0.717, 1.165) is 29.1 Å². The van der Waals surface area contributed by atoms with E-state index in [4.69, 9.17) is 4.84 Å². The van der Waals surface area contributed by atoms with Gasteiger partial charge in [-0.1, -0.05) is 42.4 Å². The molecule has 7 nitrogen and oxygen atoms in total. The van der Waals surface area contributed by atoms with Crippen LogP contribution in [0.1, 0.15) is 25.3 Å². The van der Waals surface area contributed by atoms with Crippen LogP contribution >= 0.6 is 0 Å². The maximum absolute atomic E-state index is 12.3. The van der Waals surface area contributed by atoms with Gasteiger partial charge in [0, 0.05) is 37.3 Å². The zero-order chi connectivity index (χ0) is 20.5. The SMILES string of the molecule is CCc1cccc(NC(=O)CON=C2CCN(C(=O)Nc3ccccc3)CC2)c1. The van der Waals surface area contributed by atoms with E-state index < -0.39 is 0 Å². The van der Waals surface area contributed by atoms with Gasteiger partial charge in [-0.25, -0.2) is 4.79 Å². The van der Waals surface area contributed by atoms with Crippen LogP contribution in [0, 0.1) is 0 Å². The molecule has 1 aliphatic rings. The van der Waals surface area contributed by atoms with Crippen LogP contribution in [-0.4, -0.2) is 42.2 Å². The molecule has 0 saturated carbocycles. The highest BCUT2D eigenvalue weighted by atomic mass is 16.6. The Kier molecular flexibility index (Phi) is 7.22. The third-order valence-electron chi connectivity index (χ3n) is 4.66. The molecule has 3 amide bonds. The van der Waals surface area contributed by atoms with Crippen LogP contribution in [0.5, 0.6) is 0 Å². The largest absolute Gasteiger partial charge is 0.386 e. The van der Waals surface area contributed by atoms with Gasteiger partial charge in [-0.05, 0) is 36.2 Å². The van der Waals surface area contributed by atoms with E-state index in [2.05, 4.69) is 22.7 Å². The molecule has 1 aliphatic heterocycles. The molecule has 0 unspecified atom stereocenters. The third-order valence-corrected chi connectivity index (χ3v) is 4.66. The van der Waals surface area contributed by atoms with Crippen LogP contribution in [0.2, 0.25) is 0 Å². The number of rotatable bonds is 6. The van der Waals surface area contributed by atoms with Gasteiger partial charge in [0.15, 0.2) is 6.61 Å². The molecule has 7 heteroatoms. The minimum absolute atomic E-state index is 0.121. The summed E-state index contributed by atoms with van der Waals surface area (Å²) in [4.78, 5) is 31.3. The highest BCUT2D eigenvalue weighted by Gasteiger charge is 2.20. The Morgan fingerprint density at radius 2 is 1.72 bits per heavy atom. The molecule has 2 aromatic rings. The molecule has 1 fully saturated rings. The summed E-state index contributed by atoms with van der Waals surface area (Å²) in [5.41, 5.74) is 3.54. The number of benzene rings is 2. The van der Waals surface area contributed by atoms with Crippen molar-refractivity contribution in [3.05, 3.63) is 60.2 Å². The van der Waals surface area contributed by atoms with Gasteiger partial charge in [0.1, 0.15) is 0 Å². The smallest absolute Gasteiger partial charge is 0.321 e. The quantitative estimate of drug-likeness (QED) is 0.729. The maximum atomic E-state index is 12.3. The molecule has 1 saturated heterocycles. The minimum atomic E-state index is -0.248. The highest BCUT2D eigenvalue weighted by molar-refractivity contribution is 5.93. The summed E-state index contributed by atoms with van der Waals surface area (Å²) in [5.74, 6) is -0.248. The number of hydrogen-bond donors (Lipinski definition) is 2. The number of amides is 3. The molecule has 0 spiro atoms.